The van der Waals surface area contributed by atoms with Gasteiger partial charge in [0.1, 0.15) is 18.2 Å². The first-order valence-electron chi connectivity index (χ1n) is 7.11. The van der Waals surface area contributed by atoms with E-state index >= 15 is 0 Å². The Kier molecular flexibility index (Phi) is 8.66. The summed E-state index contributed by atoms with van der Waals surface area (Å²) in [7, 11) is 1.69. The van der Waals surface area contributed by atoms with Crippen LogP contribution in [0.2, 0.25) is 0 Å². The molecule has 0 aliphatic heterocycles. The maximum atomic E-state index is 5.59. The van der Waals surface area contributed by atoms with Crippen molar-refractivity contribution in [2.45, 2.75) is 26.7 Å². The number of ether oxygens (including phenoxy) is 3. The van der Waals surface area contributed by atoms with Crippen molar-refractivity contribution in [2.24, 2.45) is 0 Å². The van der Waals surface area contributed by atoms with Gasteiger partial charge in [0.2, 0.25) is 5.88 Å². The number of hydrogen-bond acceptors (Lipinski definition) is 6. The van der Waals surface area contributed by atoms with Crippen LogP contribution in [-0.2, 0) is 15.9 Å². The summed E-state index contributed by atoms with van der Waals surface area (Å²) in [6.07, 6.45) is 1.68. The number of hydrogen-bond donors (Lipinski definition) is 1. The molecule has 1 aromatic rings. The molecule has 0 unspecified atom stereocenters. The van der Waals surface area contributed by atoms with Gasteiger partial charge in [-0.2, -0.15) is 4.98 Å². The molecule has 0 aliphatic carbocycles. The largest absolute Gasteiger partial charge is 0.475 e. The summed E-state index contributed by atoms with van der Waals surface area (Å²) >= 11 is 0. The number of nitrogens with one attached hydrogen (secondary N) is 1. The summed E-state index contributed by atoms with van der Waals surface area (Å²) in [6.45, 7) is 7.31. The zero-order valence-electron chi connectivity index (χ0n) is 12.6. The standard InChI is InChI=1S/C14H25N3O3/c1-4-12-16-13(15-5-2)11-14(17-12)20-10-9-19-8-6-7-18-3/h11H,4-10H2,1-3H3,(H,15,16,17). The molecule has 0 radical (unpaired) electrons. The molecule has 1 rings (SSSR count). The molecule has 0 aliphatic rings. The van der Waals surface area contributed by atoms with Crippen LogP contribution in [0.4, 0.5) is 5.82 Å². The lowest BCUT2D eigenvalue weighted by atomic mass is 10.4. The number of rotatable bonds is 11. The molecule has 114 valence electrons. The Labute approximate surface area is 120 Å². The maximum Gasteiger partial charge on any atom is 0.218 e. The van der Waals surface area contributed by atoms with E-state index in [1.807, 2.05) is 19.9 Å². The van der Waals surface area contributed by atoms with Gasteiger partial charge in [0.25, 0.3) is 0 Å². The van der Waals surface area contributed by atoms with Gasteiger partial charge in [0.05, 0.1) is 6.61 Å². The predicted molar refractivity (Wildman–Crippen MR) is 78.4 cm³/mol. The highest BCUT2D eigenvalue weighted by atomic mass is 16.5. The van der Waals surface area contributed by atoms with Crippen LogP contribution in [0.5, 0.6) is 5.88 Å². The lowest BCUT2D eigenvalue weighted by Crippen LogP contribution is -2.11. The molecule has 0 fully saturated rings. The van der Waals surface area contributed by atoms with E-state index in [0.717, 1.165) is 37.6 Å². The molecule has 0 saturated heterocycles. The van der Waals surface area contributed by atoms with Crippen molar-refractivity contribution in [3.63, 3.8) is 0 Å². The molecular weight excluding hydrogens is 258 g/mol. The Balaban J connectivity index is 2.33. The van der Waals surface area contributed by atoms with Crippen LogP contribution >= 0.6 is 0 Å². The summed E-state index contributed by atoms with van der Waals surface area (Å²) in [5, 5.41) is 3.17. The molecule has 1 aromatic heterocycles. The summed E-state index contributed by atoms with van der Waals surface area (Å²) in [6, 6.07) is 1.81. The monoisotopic (exact) mass is 283 g/mol. The fourth-order valence-electron chi connectivity index (χ4n) is 1.59. The smallest absolute Gasteiger partial charge is 0.218 e. The van der Waals surface area contributed by atoms with E-state index in [1.54, 1.807) is 7.11 Å². The van der Waals surface area contributed by atoms with Crippen molar-refractivity contribution in [1.29, 1.82) is 0 Å². The highest BCUT2D eigenvalue weighted by Crippen LogP contribution is 2.13. The van der Waals surface area contributed by atoms with Crippen LogP contribution in [0.3, 0.4) is 0 Å². The fourth-order valence-corrected chi connectivity index (χ4v) is 1.59. The van der Waals surface area contributed by atoms with Crippen molar-refractivity contribution in [3.05, 3.63) is 11.9 Å². The second kappa shape index (κ2) is 10.4. The first-order valence-corrected chi connectivity index (χ1v) is 7.11. The second-order valence-corrected chi connectivity index (χ2v) is 4.20. The van der Waals surface area contributed by atoms with Crippen molar-refractivity contribution in [2.75, 3.05) is 45.4 Å². The van der Waals surface area contributed by atoms with Gasteiger partial charge in [-0.05, 0) is 13.3 Å². The second-order valence-electron chi connectivity index (χ2n) is 4.20. The topological polar surface area (TPSA) is 65.5 Å². The van der Waals surface area contributed by atoms with Gasteiger partial charge >= 0.3 is 0 Å². The average molecular weight is 283 g/mol. The van der Waals surface area contributed by atoms with Crippen LogP contribution < -0.4 is 10.1 Å². The summed E-state index contributed by atoms with van der Waals surface area (Å²) in [4.78, 5) is 8.70. The van der Waals surface area contributed by atoms with Crippen molar-refractivity contribution in [3.8, 4) is 5.88 Å². The lowest BCUT2D eigenvalue weighted by Gasteiger charge is -2.09. The lowest BCUT2D eigenvalue weighted by molar-refractivity contribution is 0.0795. The van der Waals surface area contributed by atoms with Crippen molar-refractivity contribution in [1.82, 2.24) is 9.97 Å². The highest BCUT2D eigenvalue weighted by Gasteiger charge is 2.04. The van der Waals surface area contributed by atoms with E-state index in [9.17, 15) is 0 Å². The van der Waals surface area contributed by atoms with Crippen LogP contribution in [0.15, 0.2) is 6.07 Å². The minimum atomic E-state index is 0.485. The van der Waals surface area contributed by atoms with Gasteiger partial charge in [0, 0.05) is 39.4 Å². The number of methoxy groups -OCH3 is 1. The molecule has 0 amide bonds. The van der Waals surface area contributed by atoms with Gasteiger partial charge in [-0.1, -0.05) is 6.92 Å². The predicted octanol–water partition coefficient (Wildman–Crippen LogP) is 1.90. The third-order valence-electron chi connectivity index (χ3n) is 2.54. The van der Waals surface area contributed by atoms with E-state index in [0.29, 0.717) is 25.7 Å². The summed E-state index contributed by atoms with van der Waals surface area (Å²) in [5.74, 6) is 2.17. The minimum Gasteiger partial charge on any atom is -0.475 e. The Hall–Kier alpha value is -1.40. The molecule has 0 spiro atoms. The van der Waals surface area contributed by atoms with E-state index < -0.39 is 0 Å². The summed E-state index contributed by atoms with van der Waals surface area (Å²) < 4.78 is 16.0. The van der Waals surface area contributed by atoms with Crippen LogP contribution in [0, 0.1) is 0 Å². The fraction of sp³-hybridized carbons (Fsp3) is 0.714. The molecule has 0 bridgehead atoms. The third-order valence-corrected chi connectivity index (χ3v) is 2.54. The first kappa shape index (κ1) is 16.7. The Morgan fingerprint density at radius 3 is 2.65 bits per heavy atom. The number of aryl methyl sites for hydroxylation is 1. The molecule has 20 heavy (non-hydrogen) atoms. The molecule has 1 N–H and O–H groups in total. The van der Waals surface area contributed by atoms with Gasteiger partial charge in [-0.25, -0.2) is 4.98 Å². The zero-order chi connectivity index (χ0) is 14.6. The van der Waals surface area contributed by atoms with Gasteiger partial charge in [-0.3, -0.25) is 0 Å². The van der Waals surface area contributed by atoms with E-state index in [-0.39, 0.29) is 0 Å². The van der Waals surface area contributed by atoms with Gasteiger partial charge < -0.3 is 19.5 Å². The Morgan fingerprint density at radius 2 is 1.95 bits per heavy atom. The van der Waals surface area contributed by atoms with Crippen LogP contribution in [0.25, 0.3) is 0 Å². The Bertz CT molecular complexity index is 375. The molecule has 6 heteroatoms. The summed E-state index contributed by atoms with van der Waals surface area (Å²) in [5.41, 5.74) is 0. The molecule has 0 saturated carbocycles. The molecule has 6 nitrogen and oxygen atoms in total. The zero-order valence-corrected chi connectivity index (χ0v) is 12.6. The number of anilines is 1. The normalized spacial score (nSPS) is 10.6. The minimum absolute atomic E-state index is 0.485. The highest BCUT2D eigenvalue weighted by molar-refractivity contribution is 5.38. The van der Waals surface area contributed by atoms with E-state index in [1.165, 1.54) is 0 Å². The van der Waals surface area contributed by atoms with Crippen molar-refractivity contribution < 1.29 is 14.2 Å². The average Bonchev–Trinajstić information content (AvgIpc) is 2.46. The van der Waals surface area contributed by atoms with Crippen LogP contribution in [-0.4, -0.2) is 50.1 Å². The molecular formula is C14H25N3O3. The van der Waals surface area contributed by atoms with Gasteiger partial charge in [-0.15, -0.1) is 0 Å². The number of nitrogens with zero attached hydrogens (tertiary/aromatic N) is 2. The Morgan fingerprint density at radius 1 is 1.10 bits per heavy atom. The van der Waals surface area contributed by atoms with Crippen molar-refractivity contribution >= 4 is 5.82 Å². The van der Waals surface area contributed by atoms with Crippen LogP contribution in [0.1, 0.15) is 26.1 Å². The molecule has 1 heterocycles. The third kappa shape index (κ3) is 6.68. The number of aromatic nitrogens is 2. The van der Waals surface area contributed by atoms with E-state index in [2.05, 4.69) is 15.3 Å². The van der Waals surface area contributed by atoms with Gasteiger partial charge in [0.15, 0.2) is 0 Å². The SMILES string of the molecule is CCNc1cc(OCCOCCCOC)nc(CC)n1. The quantitative estimate of drug-likeness (QED) is 0.626. The molecule has 0 aromatic carbocycles. The first-order chi connectivity index (χ1) is 9.80. The maximum absolute atomic E-state index is 5.59. The molecule has 0 atom stereocenters. The van der Waals surface area contributed by atoms with E-state index in [4.69, 9.17) is 14.2 Å².